The van der Waals surface area contributed by atoms with Gasteiger partial charge in [-0.15, -0.1) is 0 Å². The maximum absolute atomic E-state index is 12.3. The first-order valence-corrected chi connectivity index (χ1v) is 10.5. The first-order chi connectivity index (χ1) is 16.5. The molecule has 0 radical (unpaired) electrons. The van der Waals surface area contributed by atoms with Crippen LogP contribution < -0.4 is 10.6 Å². The van der Waals surface area contributed by atoms with Crippen LogP contribution >= 0.6 is 11.6 Å². The molecular formula is C24H19ClN4O5. The molecule has 172 valence electrons. The van der Waals surface area contributed by atoms with Crippen molar-refractivity contribution in [2.45, 2.75) is 6.54 Å². The van der Waals surface area contributed by atoms with Crippen LogP contribution in [0.2, 0.25) is 5.02 Å². The van der Waals surface area contributed by atoms with Gasteiger partial charge in [0.25, 0.3) is 11.8 Å². The predicted molar refractivity (Wildman–Crippen MR) is 125 cm³/mol. The summed E-state index contributed by atoms with van der Waals surface area (Å²) in [4.78, 5) is 36.6. The molecule has 0 aliphatic carbocycles. The zero-order chi connectivity index (χ0) is 23.9. The Labute approximate surface area is 199 Å². The molecule has 0 bridgehead atoms. The van der Waals surface area contributed by atoms with E-state index in [9.17, 15) is 14.4 Å². The van der Waals surface area contributed by atoms with Crippen LogP contribution in [0.5, 0.6) is 0 Å². The SMILES string of the molecule is O=C(COC(=O)c1ccc(NC(=O)c2ccco2)cc1)Nc1ccnn1Cc1ccccc1Cl. The fraction of sp³-hybridized carbons (Fsp3) is 0.0833. The zero-order valence-corrected chi connectivity index (χ0v) is 18.5. The van der Waals surface area contributed by atoms with Gasteiger partial charge in [-0.2, -0.15) is 5.10 Å². The fourth-order valence-electron chi connectivity index (χ4n) is 3.04. The van der Waals surface area contributed by atoms with Gasteiger partial charge in [-0.1, -0.05) is 29.8 Å². The number of rotatable bonds is 8. The molecule has 2 heterocycles. The lowest BCUT2D eigenvalue weighted by Crippen LogP contribution is -2.22. The summed E-state index contributed by atoms with van der Waals surface area (Å²) in [7, 11) is 0. The summed E-state index contributed by atoms with van der Waals surface area (Å²) in [5.74, 6) is -0.994. The lowest BCUT2D eigenvalue weighted by atomic mass is 10.2. The molecule has 0 fully saturated rings. The van der Waals surface area contributed by atoms with Crippen LogP contribution in [0.25, 0.3) is 0 Å². The van der Waals surface area contributed by atoms with Crippen LogP contribution in [0.4, 0.5) is 11.5 Å². The topological polar surface area (TPSA) is 115 Å². The number of ether oxygens (including phenoxy) is 1. The van der Waals surface area contributed by atoms with Crippen molar-refractivity contribution in [2.24, 2.45) is 0 Å². The van der Waals surface area contributed by atoms with Gasteiger partial charge in [0, 0.05) is 16.8 Å². The van der Waals surface area contributed by atoms with E-state index in [1.54, 1.807) is 41.2 Å². The quantitative estimate of drug-likeness (QED) is 0.366. The molecule has 34 heavy (non-hydrogen) atoms. The number of nitrogens with one attached hydrogen (secondary N) is 2. The summed E-state index contributed by atoms with van der Waals surface area (Å²) < 4.78 is 11.7. The second-order valence-electron chi connectivity index (χ2n) is 7.10. The van der Waals surface area contributed by atoms with Gasteiger partial charge in [0.1, 0.15) is 5.82 Å². The summed E-state index contributed by atoms with van der Waals surface area (Å²) in [6.07, 6.45) is 2.95. The Hall–Kier alpha value is -4.37. The van der Waals surface area contributed by atoms with E-state index in [4.69, 9.17) is 20.8 Å². The minimum absolute atomic E-state index is 0.169. The van der Waals surface area contributed by atoms with Crippen molar-refractivity contribution in [3.8, 4) is 0 Å². The van der Waals surface area contributed by atoms with E-state index < -0.39 is 24.4 Å². The van der Waals surface area contributed by atoms with Gasteiger partial charge in [0.05, 0.1) is 24.6 Å². The molecule has 2 aromatic heterocycles. The number of hydrogen-bond donors (Lipinski definition) is 2. The second-order valence-corrected chi connectivity index (χ2v) is 7.51. The van der Waals surface area contributed by atoms with Crippen LogP contribution in [0, 0.1) is 0 Å². The number of anilines is 2. The highest BCUT2D eigenvalue weighted by molar-refractivity contribution is 6.31. The van der Waals surface area contributed by atoms with Gasteiger partial charge in [0.15, 0.2) is 12.4 Å². The molecule has 4 aromatic rings. The molecule has 0 aliphatic heterocycles. The van der Waals surface area contributed by atoms with Crippen molar-refractivity contribution in [2.75, 3.05) is 17.2 Å². The molecule has 0 atom stereocenters. The first kappa shape index (κ1) is 22.8. The maximum atomic E-state index is 12.3. The first-order valence-electron chi connectivity index (χ1n) is 10.2. The van der Waals surface area contributed by atoms with E-state index in [0.29, 0.717) is 23.1 Å². The lowest BCUT2D eigenvalue weighted by molar-refractivity contribution is -0.119. The van der Waals surface area contributed by atoms with Gasteiger partial charge in [-0.3, -0.25) is 9.59 Å². The molecule has 0 saturated carbocycles. The highest BCUT2D eigenvalue weighted by Crippen LogP contribution is 2.18. The maximum Gasteiger partial charge on any atom is 0.338 e. The van der Waals surface area contributed by atoms with Crippen LogP contribution in [0.3, 0.4) is 0 Å². The molecule has 10 heteroatoms. The number of nitrogens with zero attached hydrogens (tertiary/aromatic N) is 2. The number of carbonyl (C=O) groups excluding carboxylic acids is 3. The molecule has 0 aliphatic rings. The van der Waals surface area contributed by atoms with Gasteiger partial charge >= 0.3 is 5.97 Å². The summed E-state index contributed by atoms with van der Waals surface area (Å²) in [5, 5.41) is 10.1. The van der Waals surface area contributed by atoms with Crippen LogP contribution in [0.15, 0.2) is 83.6 Å². The summed E-state index contributed by atoms with van der Waals surface area (Å²) >= 11 is 6.19. The number of furan rings is 1. The van der Waals surface area contributed by atoms with E-state index in [0.717, 1.165) is 5.56 Å². The Bertz CT molecular complexity index is 1300. The van der Waals surface area contributed by atoms with E-state index in [1.165, 1.54) is 24.5 Å². The number of halogens is 1. The average molecular weight is 479 g/mol. The standard InChI is InChI=1S/C24H19ClN4O5/c25-19-5-2-1-4-17(19)14-29-21(11-12-26-29)28-22(30)15-34-24(32)16-7-9-18(10-8-16)27-23(31)20-6-3-13-33-20/h1-13H,14-15H2,(H,27,31)(H,28,30). The summed E-state index contributed by atoms with van der Waals surface area (Å²) in [6.45, 7) is -0.113. The normalized spacial score (nSPS) is 10.5. The number of benzene rings is 2. The van der Waals surface area contributed by atoms with E-state index in [1.807, 2.05) is 18.2 Å². The van der Waals surface area contributed by atoms with Gasteiger partial charge in [-0.25, -0.2) is 9.48 Å². The molecule has 4 rings (SSSR count). The molecule has 9 nitrogen and oxygen atoms in total. The van der Waals surface area contributed by atoms with Crippen LogP contribution in [-0.2, 0) is 16.1 Å². The Balaban J connectivity index is 1.28. The van der Waals surface area contributed by atoms with Gasteiger partial charge in [0.2, 0.25) is 0 Å². The Morgan fingerprint density at radius 3 is 2.50 bits per heavy atom. The molecule has 0 unspecified atom stereocenters. The molecular weight excluding hydrogens is 460 g/mol. The molecule has 0 spiro atoms. The summed E-state index contributed by atoms with van der Waals surface area (Å²) in [5.41, 5.74) is 1.55. The van der Waals surface area contributed by atoms with Crippen molar-refractivity contribution in [1.82, 2.24) is 9.78 Å². The second kappa shape index (κ2) is 10.5. The van der Waals surface area contributed by atoms with Crippen LogP contribution in [0.1, 0.15) is 26.5 Å². The lowest BCUT2D eigenvalue weighted by Gasteiger charge is -2.10. The Morgan fingerprint density at radius 1 is 0.971 bits per heavy atom. The molecule has 2 aromatic carbocycles. The third-order valence-electron chi connectivity index (χ3n) is 4.72. The molecule has 0 saturated heterocycles. The minimum atomic E-state index is -0.677. The smallest absolute Gasteiger partial charge is 0.338 e. The number of aromatic nitrogens is 2. The zero-order valence-electron chi connectivity index (χ0n) is 17.7. The van der Waals surface area contributed by atoms with Crippen molar-refractivity contribution >= 4 is 40.9 Å². The predicted octanol–water partition coefficient (Wildman–Crippen LogP) is 4.23. The summed E-state index contributed by atoms with van der Waals surface area (Å²) in [6, 6.07) is 18.2. The largest absolute Gasteiger partial charge is 0.459 e. The average Bonchev–Trinajstić information content (AvgIpc) is 3.52. The van der Waals surface area contributed by atoms with Crippen molar-refractivity contribution in [3.63, 3.8) is 0 Å². The van der Waals surface area contributed by atoms with Gasteiger partial charge in [-0.05, 0) is 48.0 Å². The third-order valence-corrected chi connectivity index (χ3v) is 5.09. The van der Waals surface area contributed by atoms with Gasteiger partial charge < -0.3 is 19.8 Å². The minimum Gasteiger partial charge on any atom is -0.459 e. The van der Waals surface area contributed by atoms with E-state index in [-0.39, 0.29) is 11.3 Å². The van der Waals surface area contributed by atoms with E-state index in [2.05, 4.69) is 15.7 Å². The Kier molecular flexibility index (Phi) is 7.04. The Morgan fingerprint density at radius 2 is 1.76 bits per heavy atom. The number of carbonyl (C=O) groups is 3. The fourth-order valence-corrected chi connectivity index (χ4v) is 3.23. The molecule has 2 N–H and O–H groups in total. The number of esters is 1. The third kappa shape index (κ3) is 5.70. The van der Waals surface area contributed by atoms with E-state index >= 15 is 0 Å². The van der Waals surface area contributed by atoms with Crippen LogP contribution in [-0.4, -0.2) is 34.2 Å². The highest BCUT2D eigenvalue weighted by Gasteiger charge is 2.14. The highest BCUT2D eigenvalue weighted by atomic mass is 35.5. The van der Waals surface area contributed by atoms with Crippen molar-refractivity contribution in [1.29, 1.82) is 0 Å². The van der Waals surface area contributed by atoms with Crippen molar-refractivity contribution in [3.05, 3.63) is 101 Å². The monoisotopic (exact) mass is 478 g/mol. The molecule has 2 amide bonds. The number of amides is 2. The number of hydrogen-bond acceptors (Lipinski definition) is 6. The van der Waals surface area contributed by atoms with Crippen molar-refractivity contribution < 1.29 is 23.5 Å².